The van der Waals surface area contributed by atoms with Crippen LogP contribution in [-0.2, 0) is 4.74 Å². The van der Waals surface area contributed by atoms with Gasteiger partial charge in [0.25, 0.3) is 0 Å². The van der Waals surface area contributed by atoms with Crippen LogP contribution in [0, 0.1) is 7.11 Å². The summed E-state index contributed by atoms with van der Waals surface area (Å²) in [6.45, 7) is 5.29. The third-order valence-electron chi connectivity index (χ3n) is 2.82. The summed E-state index contributed by atoms with van der Waals surface area (Å²) in [5.74, 6) is 0.876. The molecule has 0 saturated carbocycles. The first-order valence-electron chi connectivity index (χ1n) is 5.95. The third kappa shape index (κ3) is 3.54. The first kappa shape index (κ1) is 12.1. The zero-order chi connectivity index (χ0) is 11.9. The van der Waals surface area contributed by atoms with E-state index in [1.807, 2.05) is 12.1 Å². The molecule has 0 spiro atoms. The van der Waals surface area contributed by atoms with Crippen LogP contribution in [0.5, 0.6) is 5.75 Å². The van der Waals surface area contributed by atoms with Crippen molar-refractivity contribution in [2.24, 2.45) is 0 Å². The number of anilines is 1. The van der Waals surface area contributed by atoms with Crippen molar-refractivity contribution in [3.8, 4) is 5.75 Å². The van der Waals surface area contributed by atoms with E-state index >= 15 is 0 Å². The number of benzene rings is 1. The minimum Gasteiger partial charge on any atom is -0.491 e. The van der Waals surface area contributed by atoms with Gasteiger partial charge in [0.05, 0.1) is 0 Å². The van der Waals surface area contributed by atoms with Crippen molar-refractivity contribution in [2.75, 3.05) is 44.3 Å². The third-order valence-corrected chi connectivity index (χ3v) is 2.82. The topological polar surface area (TPSA) is 33.7 Å². The molecule has 0 bridgehead atoms. The second kappa shape index (κ2) is 6.37. The van der Waals surface area contributed by atoms with E-state index in [0.717, 1.165) is 31.9 Å². The SMILES string of the molecule is [CH2+]OCCOc1ccc(N2CCNCC2)cc1. The largest absolute Gasteiger partial charge is 0.491 e. The zero-order valence-electron chi connectivity index (χ0n) is 10.0. The van der Waals surface area contributed by atoms with Gasteiger partial charge in [0.2, 0.25) is 7.11 Å². The summed E-state index contributed by atoms with van der Waals surface area (Å²) in [5.41, 5.74) is 1.26. The smallest absolute Gasteiger partial charge is 0.213 e. The normalized spacial score (nSPS) is 15.9. The Morgan fingerprint density at radius 1 is 1.12 bits per heavy atom. The van der Waals surface area contributed by atoms with Crippen molar-refractivity contribution in [1.82, 2.24) is 5.32 Å². The fraction of sp³-hybridized carbons (Fsp3) is 0.462. The second-order valence-electron chi connectivity index (χ2n) is 3.99. The molecule has 17 heavy (non-hydrogen) atoms. The molecule has 92 valence electrons. The van der Waals surface area contributed by atoms with Crippen LogP contribution in [0.1, 0.15) is 0 Å². The number of piperazine rings is 1. The molecule has 0 radical (unpaired) electrons. The molecule has 1 aliphatic heterocycles. The molecule has 1 aromatic rings. The molecule has 4 nitrogen and oxygen atoms in total. The molecular formula is C13H19N2O2+. The molecule has 1 N–H and O–H groups in total. The van der Waals surface area contributed by atoms with Crippen molar-refractivity contribution in [3.63, 3.8) is 0 Å². The molecule has 1 saturated heterocycles. The van der Waals surface area contributed by atoms with Crippen LogP contribution in [0.4, 0.5) is 5.69 Å². The van der Waals surface area contributed by atoms with Gasteiger partial charge in [-0.25, -0.2) is 0 Å². The Labute approximate surface area is 103 Å². The van der Waals surface area contributed by atoms with Crippen molar-refractivity contribution in [2.45, 2.75) is 0 Å². The Morgan fingerprint density at radius 2 is 1.82 bits per heavy atom. The molecule has 0 amide bonds. The van der Waals surface area contributed by atoms with E-state index in [4.69, 9.17) is 9.47 Å². The van der Waals surface area contributed by atoms with Crippen LogP contribution in [0.2, 0.25) is 0 Å². The van der Waals surface area contributed by atoms with E-state index in [1.54, 1.807) is 0 Å². The van der Waals surface area contributed by atoms with Gasteiger partial charge in [-0.3, -0.25) is 0 Å². The van der Waals surface area contributed by atoms with E-state index in [0.29, 0.717) is 13.2 Å². The van der Waals surface area contributed by atoms with E-state index in [-0.39, 0.29) is 0 Å². The van der Waals surface area contributed by atoms with Gasteiger partial charge in [0.15, 0.2) is 0 Å². The standard InChI is InChI=1S/C13H19N2O2/c1-16-10-11-17-13-4-2-12(3-5-13)15-8-6-14-7-9-15/h2-5,14H,1,6-11H2/q+1. The molecule has 0 aromatic heterocycles. The Balaban J connectivity index is 1.88. The maximum Gasteiger partial charge on any atom is 0.213 e. The van der Waals surface area contributed by atoms with E-state index in [1.165, 1.54) is 5.69 Å². The summed E-state index contributed by atoms with van der Waals surface area (Å²) in [5, 5.41) is 3.34. The quantitative estimate of drug-likeness (QED) is 0.616. The highest BCUT2D eigenvalue weighted by atomic mass is 16.5. The summed E-state index contributed by atoms with van der Waals surface area (Å²) in [6, 6.07) is 8.21. The Kier molecular flexibility index (Phi) is 4.53. The summed E-state index contributed by atoms with van der Waals surface area (Å²) >= 11 is 0. The summed E-state index contributed by atoms with van der Waals surface area (Å²) in [4.78, 5) is 2.37. The summed E-state index contributed by atoms with van der Waals surface area (Å²) < 4.78 is 10.2. The minimum absolute atomic E-state index is 0.513. The number of nitrogens with zero attached hydrogens (tertiary/aromatic N) is 1. The number of hydrogen-bond acceptors (Lipinski definition) is 4. The van der Waals surface area contributed by atoms with Crippen LogP contribution < -0.4 is 15.0 Å². The maximum atomic E-state index is 5.49. The van der Waals surface area contributed by atoms with Gasteiger partial charge >= 0.3 is 0 Å². The zero-order valence-corrected chi connectivity index (χ0v) is 10.0. The van der Waals surface area contributed by atoms with Crippen LogP contribution in [-0.4, -0.2) is 39.4 Å². The van der Waals surface area contributed by atoms with Crippen molar-refractivity contribution >= 4 is 5.69 Å². The lowest BCUT2D eigenvalue weighted by Crippen LogP contribution is -2.43. The molecule has 1 aromatic carbocycles. The number of nitrogens with one attached hydrogen (secondary N) is 1. The highest BCUT2D eigenvalue weighted by molar-refractivity contribution is 5.49. The van der Waals surface area contributed by atoms with Crippen LogP contribution in [0.25, 0.3) is 0 Å². The average molecular weight is 235 g/mol. The highest BCUT2D eigenvalue weighted by Crippen LogP contribution is 2.19. The van der Waals surface area contributed by atoms with Crippen molar-refractivity contribution in [3.05, 3.63) is 31.4 Å². The molecule has 1 heterocycles. The number of ether oxygens (including phenoxy) is 2. The molecule has 4 heteroatoms. The van der Waals surface area contributed by atoms with E-state index in [9.17, 15) is 0 Å². The van der Waals surface area contributed by atoms with Crippen molar-refractivity contribution < 1.29 is 9.47 Å². The van der Waals surface area contributed by atoms with E-state index in [2.05, 4.69) is 29.5 Å². The van der Waals surface area contributed by atoms with Crippen molar-refractivity contribution in [1.29, 1.82) is 0 Å². The van der Waals surface area contributed by atoms with E-state index < -0.39 is 0 Å². The van der Waals surface area contributed by atoms with Gasteiger partial charge in [0.1, 0.15) is 19.0 Å². The average Bonchev–Trinajstić information content (AvgIpc) is 2.41. The lowest BCUT2D eigenvalue weighted by molar-refractivity contribution is 0.174. The van der Waals surface area contributed by atoms with Crippen LogP contribution in [0.15, 0.2) is 24.3 Å². The van der Waals surface area contributed by atoms with Gasteiger partial charge in [0, 0.05) is 31.9 Å². The van der Waals surface area contributed by atoms with Gasteiger partial charge in [-0.15, -0.1) is 0 Å². The lowest BCUT2D eigenvalue weighted by Gasteiger charge is -2.29. The van der Waals surface area contributed by atoms with Crippen LogP contribution in [0.3, 0.4) is 0 Å². The van der Waals surface area contributed by atoms with Gasteiger partial charge in [-0.2, -0.15) is 4.74 Å². The monoisotopic (exact) mass is 235 g/mol. The highest BCUT2D eigenvalue weighted by Gasteiger charge is 2.09. The van der Waals surface area contributed by atoms with Gasteiger partial charge in [-0.05, 0) is 24.3 Å². The van der Waals surface area contributed by atoms with Gasteiger partial charge in [-0.1, -0.05) is 0 Å². The number of rotatable bonds is 5. The first-order chi connectivity index (χ1) is 8.40. The molecule has 0 unspecified atom stereocenters. The predicted molar refractivity (Wildman–Crippen MR) is 68.3 cm³/mol. The Bertz CT molecular complexity index is 321. The molecule has 0 aliphatic carbocycles. The summed E-state index contributed by atoms with van der Waals surface area (Å²) in [6.07, 6.45) is 0. The molecule has 1 aliphatic rings. The lowest BCUT2D eigenvalue weighted by atomic mass is 10.2. The molecule has 2 rings (SSSR count). The molecule has 1 fully saturated rings. The number of hydrogen-bond donors (Lipinski definition) is 1. The Hall–Kier alpha value is -1.39. The first-order valence-corrected chi connectivity index (χ1v) is 5.95. The minimum atomic E-state index is 0.513. The second-order valence-corrected chi connectivity index (χ2v) is 3.99. The summed E-state index contributed by atoms with van der Waals surface area (Å²) in [7, 11) is 3.30. The molecular weight excluding hydrogens is 216 g/mol. The fourth-order valence-corrected chi connectivity index (χ4v) is 1.89. The Morgan fingerprint density at radius 3 is 2.47 bits per heavy atom. The predicted octanol–water partition coefficient (Wildman–Crippen LogP) is 1.28. The van der Waals surface area contributed by atoms with Gasteiger partial charge < -0.3 is 15.0 Å². The maximum absolute atomic E-state index is 5.49. The van der Waals surface area contributed by atoms with Crippen LogP contribution >= 0.6 is 0 Å². The fourth-order valence-electron chi connectivity index (χ4n) is 1.89. The molecule has 0 atom stereocenters.